The topological polar surface area (TPSA) is 75.3 Å². The summed E-state index contributed by atoms with van der Waals surface area (Å²) in [6.45, 7) is 3.56. The van der Waals surface area contributed by atoms with Crippen molar-refractivity contribution in [1.82, 2.24) is 5.32 Å². The molecule has 2 atom stereocenters. The lowest BCUT2D eigenvalue weighted by molar-refractivity contribution is -0.120. The van der Waals surface area contributed by atoms with Crippen LogP contribution in [0.15, 0.2) is 30.3 Å². The molecule has 0 saturated heterocycles. The van der Waals surface area contributed by atoms with E-state index in [-0.39, 0.29) is 12.3 Å². The Bertz CT molecular complexity index is 354. The van der Waals surface area contributed by atoms with Gasteiger partial charge in [-0.3, -0.25) is 4.79 Å². The van der Waals surface area contributed by atoms with Crippen LogP contribution in [0.2, 0.25) is 0 Å². The van der Waals surface area contributed by atoms with E-state index < -0.39 is 12.0 Å². The predicted molar refractivity (Wildman–Crippen MR) is 71.7 cm³/mol. The van der Waals surface area contributed by atoms with Crippen molar-refractivity contribution >= 4 is 5.91 Å². The number of aliphatic hydroxyl groups is 1. The fourth-order valence-corrected chi connectivity index (χ4v) is 1.76. The van der Waals surface area contributed by atoms with Crippen molar-refractivity contribution in [2.24, 2.45) is 11.7 Å². The first-order valence-electron chi connectivity index (χ1n) is 6.30. The summed E-state index contributed by atoms with van der Waals surface area (Å²) >= 11 is 0. The molecule has 0 spiro atoms. The Morgan fingerprint density at radius 1 is 1.39 bits per heavy atom. The zero-order chi connectivity index (χ0) is 13.4. The number of aliphatic hydroxyl groups excluding tert-OH is 1. The minimum atomic E-state index is -0.638. The molecule has 0 fully saturated rings. The maximum absolute atomic E-state index is 10.7. The molecule has 18 heavy (non-hydrogen) atoms. The molecule has 0 bridgehead atoms. The molecule has 1 aromatic rings. The van der Waals surface area contributed by atoms with Crippen molar-refractivity contribution in [2.45, 2.75) is 32.4 Å². The number of hydrogen-bond acceptors (Lipinski definition) is 3. The number of primary amides is 1. The van der Waals surface area contributed by atoms with Gasteiger partial charge < -0.3 is 16.2 Å². The van der Waals surface area contributed by atoms with Gasteiger partial charge in [0.05, 0.1) is 12.5 Å². The van der Waals surface area contributed by atoms with Gasteiger partial charge in [-0.15, -0.1) is 0 Å². The van der Waals surface area contributed by atoms with Gasteiger partial charge >= 0.3 is 0 Å². The average molecular weight is 250 g/mol. The number of amides is 1. The highest BCUT2D eigenvalue weighted by atomic mass is 16.3. The van der Waals surface area contributed by atoms with Crippen molar-refractivity contribution in [3.05, 3.63) is 35.9 Å². The summed E-state index contributed by atoms with van der Waals surface area (Å²) in [5.74, 6) is -0.382. The molecular formula is C14H22N2O2. The maximum atomic E-state index is 10.7. The number of carbonyl (C=O) groups excluding carboxylic acids is 1. The SMILES string of the molecule is C[C@H](CCNCc1ccccc1)[C@@H](O)CC(N)=O. The summed E-state index contributed by atoms with van der Waals surface area (Å²) < 4.78 is 0. The summed E-state index contributed by atoms with van der Waals surface area (Å²) in [5, 5.41) is 13.0. The highest BCUT2D eigenvalue weighted by molar-refractivity contribution is 5.74. The van der Waals surface area contributed by atoms with Crippen LogP contribution in [0.3, 0.4) is 0 Å². The summed E-state index contributed by atoms with van der Waals surface area (Å²) in [5.41, 5.74) is 6.29. The van der Waals surface area contributed by atoms with E-state index in [4.69, 9.17) is 5.73 Å². The molecular weight excluding hydrogens is 228 g/mol. The molecule has 0 aliphatic carbocycles. The third-order valence-electron chi connectivity index (χ3n) is 3.02. The van der Waals surface area contributed by atoms with E-state index >= 15 is 0 Å². The van der Waals surface area contributed by atoms with Crippen LogP contribution in [0, 0.1) is 5.92 Å². The molecule has 4 nitrogen and oxygen atoms in total. The minimum absolute atomic E-state index is 0.0415. The Labute approximate surface area is 108 Å². The normalized spacial score (nSPS) is 14.1. The van der Waals surface area contributed by atoms with Crippen LogP contribution in [0.25, 0.3) is 0 Å². The van der Waals surface area contributed by atoms with Crippen molar-refractivity contribution in [3.63, 3.8) is 0 Å². The van der Waals surface area contributed by atoms with Gasteiger partial charge in [-0.05, 0) is 24.4 Å². The molecule has 0 saturated carbocycles. The molecule has 0 heterocycles. The van der Waals surface area contributed by atoms with Crippen molar-refractivity contribution in [2.75, 3.05) is 6.54 Å². The number of nitrogens with one attached hydrogen (secondary N) is 1. The van der Waals surface area contributed by atoms with E-state index in [0.717, 1.165) is 19.5 Å². The van der Waals surface area contributed by atoms with Crippen LogP contribution < -0.4 is 11.1 Å². The summed E-state index contributed by atoms with van der Waals surface area (Å²) in [6.07, 6.45) is 0.224. The lowest BCUT2D eigenvalue weighted by Gasteiger charge is -2.17. The van der Waals surface area contributed by atoms with Crippen molar-refractivity contribution in [3.8, 4) is 0 Å². The lowest BCUT2D eigenvalue weighted by atomic mass is 9.98. The Morgan fingerprint density at radius 3 is 2.67 bits per heavy atom. The first-order valence-corrected chi connectivity index (χ1v) is 6.30. The van der Waals surface area contributed by atoms with E-state index in [1.165, 1.54) is 5.56 Å². The largest absolute Gasteiger partial charge is 0.392 e. The van der Waals surface area contributed by atoms with E-state index in [9.17, 15) is 9.90 Å². The first-order chi connectivity index (χ1) is 8.59. The monoisotopic (exact) mass is 250 g/mol. The standard InChI is InChI=1S/C14H22N2O2/c1-11(13(17)9-14(15)18)7-8-16-10-12-5-3-2-4-6-12/h2-6,11,13,16-17H,7-10H2,1H3,(H2,15,18)/t11-,13+/m1/s1. The van der Waals surface area contributed by atoms with E-state index in [1.807, 2.05) is 25.1 Å². The quantitative estimate of drug-likeness (QED) is 0.603. The number of rotatable bonds is 8. The lowest BCUT2D eigenvalue weighted by Crippen LogP contribution is -2.28. The Hall–Kier alpha value is -1.39. The molecule has 0 aliphatic heterocycles. The van der Waals surface area contributed by atoms with Gasteiger partial charge in [0.25, 0.3) is 0 Å². The molecule has 4 N–H and O–H groups in total. The van der Waals surface area contributed by atoms with Gasteiger partial charge in [0, 0.05) is 6.54 Å². The second-order valence-corrected chi connectivity index (χ2v) is 4.67. The number of hydrogen-bond donors (Lipinski definition) is 3. The predicted octanol–water partition coefficient (Wildman–Crippen LogP) is 1.04. The minimum Gasteiger partial charge on any atom is -0.392 e. The Morgan fingerprint density at radius 2 is 2.06 bits per heavy atom. The van der Waals surface area contributed by atoms with Gasteiger partial charge in [-0.1, -0.05) is 37.3 Å². The molecule has 1 aromatic carbocycles. The molecule has 1 amide bonds. The second-order valence-electron chi connectivity index (χ2n) is 4.67. The van der Waals surface area contributed by atoms with Crippen LogP contribution in [0.1, 0.15) is 25.3 Å². The third kappa shape index (κ3) is 5.80. The van der Waals surface area contributed by atoms with Gasteiger partial charge in [-0.2, -0.15) is 0 Å². The van der Waals surface area contributed by atoms with Gasteiger partial charge in [0.2, 0.25) is 5.91 Å². The fraction of sp³-hybridized carbons (Fsp3) is 0.500. The van der Waals surface area contributed by atoms with Gasteiger partial charge in [0.1, 0.15) is 0 Å². The van der Waals surface area contributed by atoms with Gasteiger partial charge in [0.15, 0.2) is 0 Å². The molecule has 0 unspecified atom stereocenters. The van der Waals surface area contributed by atoms with Crippen LogP contribution in [0.4, 0.5) is 0 Å². The molecule has 4 heteroatoms. The van der Waals surface area contributed by atoms with Crippen LogP contribution in [0.5, 0.6) is 0 Å². The summed E-state index contributed by atoms with van der Waals surface area (Å²) in [4.78, 5) is 10.7. The third-order valence-corrected chi connectivity index (χ3v) is 3.02. The zero-order valence-electron chi connectivity index (χ0n) is 10.8. The van der Waals surface area contributed by atoms with Crippen LogP contribution in [-0.2, 0) is 11.3 Å². The van der Waals surface area contributed by atoms with E-state index in [1.54, 1.807) is 0 Å². The van der Waals surface area contributed by atoms with E-state index in [2.05, 4.69) is 17.4 Å². The van der Waals surface area contributed by atoms with E-state index in [0.29, 0.717) is 0 Å². The molecule has 0 radical (unpaired) electrons. The number of carbonyl (C=O) groups is 1. The van der Waals surface area contributed by atoms with Crippen LogP contribution in [-0.4, -0.2) is 23.7 Å². The summed E-state index contributed by atoms with van der Waals surface area (Å²) in [7, 11) is 0. The number of benzene rings is 1. The van der Waals surface area contributed by atoms with Crippen LogP contribution >= 0.6 is 0 Å². The smallest absolute Gasteiger partial charge is 0.220 e. The first kappa shape index (κ1) is 14.7. The summed E-state index contributed by atoms with van der Waals surface area (Å²) in [6, 6.07) is 10.1. The van der Waals surface area contributed by atoms with Crippen molar-refractivity contribution < 1.29 is 9.90 Å². The Kier molecular flexibility index (Phi) is 6.39. The molecule has 0 aliphatic rings. The molecule has 100 valence electrons. The zero-order valence-corrected chi connectivity index (χ0v) is 10.8. The number of nitrogens with two attached hydrogens (primary N) is 1. The maximum Gasteiger partial charge on any atom is 0.220 e. The highest BCUT2D eigenvalue weighted by Gasteiger charge is 2.15. The Balaban J connectivity index is 2.16. The van der Waals surface area contributed by atoms with Gasteiger partial charge in [-0.25, -0.2) is 0 Å². The van der Waals surface area contributed by atoms with Crippen molar-refractivity contribution in [1.29, 1.82) is 0 Å². The fourth-order valence-electron chi connectivity index (χ4n) is 1.76. The second kappa shape index (κ2) is 7.84. The molecule has 0 aromatic heterocycles. The molecule has 1 rings (SSSR count). The average Bonchev–Trinajstić information content (AvgIpc) is 2.34. The highest BCUT2D eigenvalue weighted by Crippen LogP contribution is 2.10.